The van der Waals surface area contributed by atoms with Crippen LogP contribution in [-0.2, 0) is 28.7 Å². The fourth-order valence-electron chi connectivity index (χ4n) is 6.47. The first-order valence-electron chi connectivity index (χ1n) is 14.7. The molecule has 2 fully saturated rings. The average Bonchev–Trinajstić information content (AvgIpc) is 3.36. The van der Waals surface area contributed by atoms with Crippen molar-refractivity contribution in [2.24, 2.45) is 11.8 Å². The minimum Gasteiger partial charge on any atom is -0.497 e. The number of amides is 3. The van der Waals surface area contributed by atoms with Crippen LogP contribution in [0.15, 0.2) is 48.6 Å². The fraction of sp³-hybridized carbons (Fsp3) is 0.548. The zero-order chi connectivity index (χ0) is 29.9. The Morgan fingerprint density at radius 3 is 2.60 bits per heavy atom. The molecule has 0 aliphatic carbocycles. The number of benzene rings is 1. The van der Waals surface area contributed by atoms with Crippen molar-refractivity contribution in [1.29, 1.82) is 0 Å². The van der Waals surface area contributed by atoms with Crippen LogP contribution in [0.25, 0.3) is 0 Å². The lowest BCUT2D eigenvalue weighted by Gasteiger charge is -2.35. The van der Waals surface area contributed by atoms with Gasteiger partial charge in [0.15, 0.2) is 0 Å². The lowest BCUT2D eigenvalue weighted by Crippen LogP contribution is -2.55. The molecule has 3 amide bonds. The summed E-state index contributed by atoms with van der Waals surface area (Å²) in [5.41, 5.74) is -0.740. The Labute approximate surface area is 245 Å². The van der Waals surface area contributed by atoms with Gasteiger partial charge in [0.25, 0.3) is 5.91 Å². The third-order valence-electron chi connectivity index (χ3n) is 8.48. The molecule has 0 unspecified atom stereocenters. The Bertz CT molecular complexity index is 1250. The molecule has 0 radical (unpaired) electrons. The minimum absolute atomic E-state index is 0.0422. The number of anilines is 1. The van der Waals surface area contributed by atoms with Gasteiger partial charge in [-0.05, 0) is 56.9 Å². The first kappa shape index (κ1) is 29.8. The molecule has 42 heavy (non-hydrogen) atoms. The number of carbonyl (C=O) groups is 4. The molecule has 5 rings (SSSR count). The number of rotatable bonds is 7. The first-order chi connectivity index (χ1) is 20.3. The molecule has 1 spiro atoms. The molecule has 0 bridgehead atoms. The van der Waals surface area contributed by atoms with E-state index in [-0.39, 0.29) is 50.4 Å². The van der Waals surface area contributed by atoms with E-state index in [9.17, 15) is 24.3 Å². The van der Waals surface area contributed by atoms with Crippen molar-refractivity contribution >= 4 is 29.4 Å². The number of esters is 1. The SMILES string of the molecule is COc1ccc(N2CC=C[C@]34O[C@@H]5/C=C\CCC(=O)NC[C@@H](C)OC(=O)[C@@H]5[C@H]3C(=O)N(CCCCCO)[C@@H]4C2=O)cc1. The maximum absolute atomic E-state index is 14.4. The third kappa shape index (κ3) is 5.55. The summed E-state index contributed by atoms with van der Waals surface area (Å²) in [5.74, 6) is -2.67. The van der Waals surface area contributed by atoms with Crippen LogP contribution in [0.2, 0.25) is 0 Å². The maximum atomic E-state index is 14.4. The number of unbranched alkanes of at least 4 members (excludes halogenated alkanes) is 2. The van der Waals surface area contributed by atoms with E-state index in [2.05, 4.69) is 5.32 Å². The highest BCUT2D eigenvalue weighted by Gasteiger charge is 2.71. The smallest absolute Gasteiger partial charge is 0.313 e. The Morgan fingerprint density at radius 1 is 1.07 bits per heavy atom. The second kappa shape index (κ2) is 12.7. The van der Waals surface area contributed by atoms with E-state index in [0.717, 1.165) is 0 Å². The first-order valence-corrected chi connectivity index (χ1v) is 14.7. The summed E-state index contributed by atoms with van der Waals surface area (Å²) in [5, 5.41) is 12.0. The van der Waals surface area contributed by atoms with E-state index in [1.807, 2.05) is 6.08 Å². The van der Waals surface area contributed by atoms with Crippen LogP contribution in [0.1, 0.15) is 39.0 Å². The Hall–Kier alpha value is -3.70. The molecule has 11 heteroatoms. The van der Waals surface area contributed by atoms with Gasteiger partial charge >= 0.3 is 5.97 Å². The zero-order valence-electron chi connectivity index (χ0n) is 24.1. The molecular weight excluding hydrogens is 542 g/mol. The average molecular weight is 582 g/mol. The van der Waals surface area contributed by atoms with Crippen LogP contribution in [0, 0.1) is 11.8 Å². The molecule has 1 aromatic rings. The van der Waals surface area contributed by atoms with Gasteiger partial charge in [-0.25, -0.2) is 0 Å². The van der Waals surface area contributed by atoms with Crippen LogP contribution >= 0.6 is 0 Å². The van der Waals surface area contributed by atoms with Gasteiger partial charge in [0.05, 0.1) is 25.7 Å². The van der Waals surface area contributed by atoms with Gasteiger partial charge < -0.3 is 34.4 Å². The van der Waals surface area contributed by atoms with Crippen LogP contribution < -0.4 is 15.0 Å². The van der Waals surface area contributed by atoms with E-state index in [0.29, 0.717) is 37.1 Å². The second-order valence-electron chi connectivity index (χ2n) is 11.2. The highest BCUT2D eigenvalue weighted by Crippen LogP contribution is 2.53. The van der Waals surface area contributed by atoms with Crippen LogP contribution in [0.5, 0.6) is 5.75 Å². The monoisotopic (exact) mass is 581 g/mol. The number of ether oxygens (including phenoxy) is 3. The summed E-state index contributed by atoms with van der Waals surface area (Å²) in [6.45, 7) is 2.43. The molecule has 4 aliphatic rings. The van der Waals surface area contributed by atoms with E-state index in [4.69, 9.17) is 14.2 Å². The lowest BCUT2D eigenvalue weighted by atomic mass is 9.78. The van der Waals surface area contributed by atoms with Gasteiger partial charge in [0.1, 0.15) is 29.4 Å². The predicted molar refractivity (Wildman–Crippen MR) is 152 cm³/mol. The molecule has 1 aromatic carbocycles. The highest BCUT2D eigenvalue weighted by molar-refractivity contribution is 6.05. The molecule has 226 valence electrons. The molecule has 4 heterocycles. The number of carbonyl (C=O) groups excluding carboxylic acids is 4. The number of cyclic esters (lactones) is 1. The van der Waals surface area contributed by atoms with E-state index in [1.54, 1.807) is 66.3 Å². The number of hydrogen-bond acceptors (Lipinski definition) is 8. The molecule has 2 N–H and O–H groups in total. The van der Waals surface area contributed by atoms with Gasteiger partial charge in [-0.15, -0.1) is 0 Å². The van der Waals surface area contributed by atoms with Gasteiger partial charge in [-0.1, -0.05) is 24.3 Å². The number of aliphatic hydroxyl groups excluding tert-OH is 1. The van der Waals surface area contributed by atoms with E-state index < -0.39 is 41.7 Å². The third-order valence-corrected chi connectivity index (χ3v) is 8.48. The van der Waals surface area contributed by atoms with Gasteiger partial charge in [0, 0.05) is 31.8 Å². The largest absolute Gasteiger partial charge is 0.497 e. The van der Waals surface area contributed by atoms with Crippen LogP contribution in [-0.4, -0.2) is 90.9 Å². The number of nitrogens with one attached hydrogen (secondary N) is 1. The van der Waals surface area contributed by atoms with Crippen molar-refractivity contribution < 1.29 is 38.5 Å². The predicted octanol–water partition coefficient (Wildman–Crippen LogP) is 1.74. The van der Waals surface area contributed by atoms with Crippen molar-refractivity contribution in [2.45, 2.75) is 62.9 Å². The highest BCUT2D eigenvalue weighted by atomic mass is 16.6. The number of likely N-dealkylation sites (tertiary alicyclic amines) is 1. The van der Waals surface area contributed by atoms with Crippen LogP contribution in [0.3, 0.4) is 0 Å². The quantitative estimate of drug-likeness (QED) is 0.283. The summed E-state index contributed by atoms with van der Waals surface area (Å²) in [6.07, 6.45) is 8.24. The summed E-state index contributed by atoms with van der Waals surface area (Å²) in [4.78, 5) is 57.7. The maximum Gasteiger partial charge on any atom is 0.313 e. The fourth-order valence-corrected chi connectivity index (χ4v) is 6.47. The Balaban J connectivity index is 1.55. The number of methoxy groups -OCH3 is 1. The molecule has 6 atom stereocenters. The number of aliphatic hydroxyl groups is 1. The lowest BCUT2D eigenvalue weighted by molar-refractivity contribution is -0.158. The normalized spacial score (nSPS) is 32.1. The van der Waals surface area contributed by atoms with Gasteiger partial charge in [0.2, 0.25) is 11.8 Å². The van der Waals surface area contributed by atoms with Crippen LogP contribution in [0.4, 0.5) is 5.69 Å². The van der Waals surface area contributed by atoms with Crippen molar-refractivity contribution in [3.63, 3.8) is 0 Å². The molecule has 0 aromatic heterocycles. The summed E-state index contributed by atoms with van der Waals surface area (Å²) < 4.78 is 17.7. The van der Waals surface area contributed by atoms with Gasteiger partial charge in [-0.2, -0.15) is 0 Å². The Kier molecular flexibility index (Phi) is 8.98. The van der Waals surface area contributed by atoms with E-state index in [1.165, 1.54) is 0 Å². The van der Waals surface area contributed by atoms with E-state index >= 15 is 0 Å². The zero-order valence-corrected chi connectivity index (χ0v) is 24.1. The van der Waals surface area contributed by atoms with Gasteiger partial charge in [-0.3, -0.25) is 19.2 Å². The molecule has 0 saturated carbocycles. The number of hydrogen-bond donors (Lipinski definition) is 2. The summed E-state index contributed by atoms with van der Waals surface area (Å²) >= 11 is 0. The van der Waals surface area contributed by atoms with Crippen molar-refractivity contribution in [1.82, 2.24) is 10.2 Å². The number of nitrogens with zero attached hydrogens (tertiary/aromatic N) is 2. The number of fused-ring (bicyclic) bond motifs is 2. The molecule has 2 saturated heterocycles. The molecule has 4 aliphatic heterocycles. The standard InChI is InChI=1S/C31H39N3O8/c1-20-19-32-24(36)10-5-4-9-23-25(30(39)41-20)26-28(37)34(16-6-3-7-18-35)27-29(38)33(17-8-15-31(26,27)42-23)21-11-13-22(40-2)14-12-21/h4,8-9,11-15,20,23,25-27,35H,3,5-7,10,16-19H2,1-2H3,(H,32,36)/b9-4-/t20-,23-,25+,26+,27-,31+/m1/s1. The van der Waals surface area contributed by atoms with Crippen molar-refractivity contribution in [3.8, 4) is 5.75 Å². The molecule has 11 nitrogen and oxygen atoms in total. The topological polar surface area (TPSA) is 135 Å². The summed E-state index contributed by atoms with van der Waals surface area (Å²) in [6, 6.07) is 6.13. The second-order valence-corrected chi connectivity index (χ2v) is 11.2. The number of allylic oxidation sites excluding steroid dienone is 1. The van der Waals surface area contributed by atoms with Crippen molar-refractivity contribution in [2.75, 3.05) is 38.3 Å². The summed E-state index contributed by atoms with van der Waals surface area (Å²) in [7, 11) is 1.57. The Morgan fingerprint density at radius 2 is 1.86 bits per heavy atom. The van der Waals surface area contributed by atoms with Crippen molar-refractivity contribution in [3.05, 3.63) is 48.6 Å². The minimum atomic E-state index is -1.39. The molecular formula is C31H39N3O8.